The molecule has 0 aromatic heterocycles. The van der Waals surface area contributed by atoms with Crippen LogP contribution in [0.1, 0.15) is 39.5 Å². The summed E-state index contributed by atoms with van der Waals surface area (Å²) in [7, 11) is 0. The van der Waals surface area contributed by atoms with Crippen molar-refractivity contribution in [3.63, 3.8) is 0 Å². The van der Waals surface area contributed by atoms with Gasteiger partial charge >= 0.3 is 0 Å². The minimum Gasteiger partial charge on any atom is -0.388 e. The molecule has 0 aromatic carbocycles. The molecule has 0 aliphatic rings. The summed E-state index contributed by atoms with van der Waals surface area (Å²) >= 11 is 0. The lowest BCUT2D eigenvalue weighted by atomic mass is 10.2. The number of aliphatic hydroxyl groups is 1. The van der Waals surface area contributed by atoms with E-state index in [4.69, 9.17) is 0 Å². The number of hydrogen-bond donors (Lipinski definition) is 1. The molecule has 0 aromatic rings. The van der Waals surface area contributed by atoms with Gasteiger partial charge in [-0.1, -0.05) is 32.8 Å². The number of carbonyl (C=O) groups is 1. The second kappa shape index (κ2) is 10.8. The number of hydrogen-bond acceptors (Lipinski definition) is 3. The molecule has 0 amide bonds. The summed E-state index contributed by atoms with van der Waals surface area (Å²) in [5, 5.41) is 9.66. The summed E-state index contributed by atoms with van der Waals surface area (Å²) in [4.78, 5) is 12.4. The zero-order chi connectivity index (χ0) is 12.2. The summed E-state index contributed by atoms with van der Waals surface area (Å²) < 4.78 is 0. The van der Waals surface area contributed by atoms with Crippen molar-refractivity contribution >= 4 is 6.29 Å². The second-order valence-electron chi connectivity index (χ2n) is 4.10. The molecule has 0 aliphatic heterocycles. The van der Waals surface area contributed by atoms with Crippen LogP contribution in [0.3, 0.4) is 0 Å². The summed E-state index contributed by atoms with van der Waals surface area (Å²) in [5.74, 6) is 0. The fourth-order valence-corrected chi connectivity index (χ4v) is 1.56. The molecule has 0 aliphatic carbocycles. The summed E-state index contributed by atoms with van der Waals surface area (Å²) in [6.45, 7) is 7.02. The first-order valence-corrected chi connectivity index (χ1v) is 6.27. The van der Waals surface area contributed by atoms with Crippen LogP contribution in [0, 0.1) is 0 Å². The van der Waals surface area contributed by atoms with Crippen LogP contribution in [0.15, 0.2) is 12.2 Å². The van der Waals surface area contributed by atoms with Crippen LogP contribution < -0.4 is 0 Å². The third-order valence-electron chi connectivity index (χ3n) is 2.51. The van der Waals surface area contributed by atoms with Gasteiger partial charge in [0.15, 0.2) is 0 Å². The van der Waals surface area contributed by atoms with Gasteiger partial charge in [0.2, 0.25) is 0 Å². The van der Waals surface area contributed by atoms with Crippen molar-refractivity contribution in [2.45, 2.75) is 45.6 Å². The van der Waals surface area contributed by atoms with Gasteiger partial charge in [0, 0.05) is 6.54 Å². The molecule has 0 radical (unpaired) electrons. The number of rotatable bonds is 10. The van der Waals surface area contributed by atoms with Gasteiger partial charge in [-0.25, -0.2) is 0 Å². The van der Waals surface area contributed by atoms with E-state index in [1.54, 1.807) is 6.08 Å². The summed E-state index contributed by atoms with van der Waals surface area (Å²) in [6, 6.07) is 0. The monoisotopic (exact) mass is 227 g/mol. The number of aliphatic hydroxyl groups excluding tert-OH is 1. The molecule has 0 heterocycles. The summed E-state index contributed by atoms with van der Waals surface area (Å²) in [5.41, 5.74) is 0. The first-order valence-electron chi connectivity index (χ1n) is 6.27. The van der Waals surface area contributed by atoms with Crippen molar-refractivity contribution in [3.8, 4) is 0 Å². The van der Waals surface area contributed by atoms with E-state index in [9.17, 15) is 9.90 Å². The van der Waals surface area contributed by atoms with Crippen LogP contribution in [-0.4, -0.2) is 42.0 Å². The van der Waals surface area contributed by atoms with E-state index in [2.05, 4.69) is 18.7 Å². The number of carbonyl (C=O) groups excluding carboxylic acids is 1. The van der Waals surface area contributed by atoms with Gasteiger partial charge in [-0.3, -0.25) is 4.79 Å². The smallest absolute Gasteiger partial charge is 0.142 e. The standard InChI is InChI=1S/C13H25NO2/c1-3-5-9-14(10-6-4-2)12-13(16)8-7-11-15/h7-8,11,13,16H,3-6,9-10,12H2,1-2H3. The number of unbranched alkanes of at least 4 members (excludes halogenated alkanes) is 2. The average Bonchev–Trinajstić information content (AvgIpc) is 2.30. The van der Waals surface area contributed by atoms with Gasteiger partial charge in [0.05, 0.1) is 6.10 Å². The third kappa shape index (κ3) is 8.62. The quantitative estimate of drug-likeness (QED) is 0.458. The molecule has 16 heavy (non-hydrogen) atoms. The van der Waals surface area contributed by atoms with Crippen LogP contribution >= 0.6 is 0 Å². The van der Waals surface area contributed by atoms with E-state index in [0.717, 1.165) is 25.9 Å². The Kier molecular flexibility index (Phi) is 10.4. The van der Waals surface area contributed by atoms with E-state index in [1.807, 2.05) is 0 Å². The molecule has 3 heteroatoms. The summed E-state index contributed by atoms with van der Waals surface area (Å²) in [6.07, 6.45) is 7.75. The van der Waals surface area contributed by atoms with Gasteiger partial charge < -0.3 is 10.0 Å². The molecular formula is C13H25NO2. The van der Waals surface area contributed by atoms with Crippen molar-refractivity contribution in [3.05, 3.63) is 12.2 Å². The molecule has 1 N–H and O–H groups in total. The van der Waals surface area contributed by atoms with Crippen molar-refractivity contribution < 1.29 is 9.90 Å². The van der Waals surface area contributed by atoms with Crippen molar-refractivity contribution in [2.75, 3.05) is 19.6 Å². The highest BCUT2D eigenvalue weighted by Gasteiger charge is 2.08. The van der Waals surface area contributed by atoms with E-state index < -0.39 is 6.10 Å². The molecule has 1 atom stereocenters. The number of allylic oxidation sites excluding steroid dienone is 1. The molecule has 0 rings (SSSR count). The highest BCUT2D eigenvalue weighted by molar-refractivity contribution is 5.64. The predicted octanol–water partition coefficient (Wildman–Crippen LogP) is 2.00. The maximum Gasteiger partial charge on any atom is 0.142 e. The SMILES string of the molecule is CCCCN(CCCC)CC(O)C=CC=O. The lowest BCUT2D eigenvalue weighted by Crippen LogP contribution is -2.33. The van der Waals surface area contributed by atoms with Gasteiger partial charge in [-0.15, -0.1) is 0 Å². The van der Waals surface area contributed by atoms with Gasteiger partial charge in [-0.05, 0) is 32.0 Å². The molecule has 94 valence electrons. The topological polar surface area (TPSA) is 40.5 Å². The maximum absolute atomic E-state index is 10.1. The zero-order valence-electron chi connectivity index (χ0n) is 10.6. The highest BCUT2D eigenvalue weighted by atomic mass is 16.3. The van der Waals surface area contributed by atoms with Gasteiger partial charge in [0.25, 0.3) is 0 Å². The zero-order valence-corrected chi connectivity index (χ0v) is 10.6. The molecule has 0 saturated carbocycles. The Morgan fingerprint density at radius 3 is 2.19 bits per heavy atom. The van der Waals surface area contributed by atoms with Crippen molar-refractivity contribution in [1.29, 1.82) is 0 Å². The fraction of sp³-hybridized carbons (Fsp3) is 0.769. The van der Waals surface area contributed by atoms with Crippen LogP contribution in [0.5, 0.6) is 0 Å². The lowest BCUT2D eigenvalue weighted by molar-refractivity contribution is -0.104. The number of aldehydes is 1. The van der Waals surface area contributed by atoms with Crippen LogP contribution in [0.2, 0.25) is 0 Å². The minimum absolute atomic E-state index is 0.529. The van der Waals surface area contributed by atoms with Gasteiger partial charge in [-0.2, -0.15) is 0 Å². The van der Waals surface area contributed by atoms with Crippen LogP contribution in [0.25, 0.3) is 0 Å². The third-order valence-corrected chi connectivity index (χ3v) is 2.51. The van der Waals surface area contributed by atoms with Crippen molar-refractivity contribution in [1.82, 2.24) is 4.90 Å². The molecule has 0 spiro atoms. The van der Waals surface area contributed by atoms with Crippen LogP contribution in [-0.2, 0) is 4.79 Å². The highest BCUT2D eigenvalue weighted by Crippen LogP contribution is 2.01. The Balaban J connectivity index is 3.96. The molecule has 0 saturated heterocycles. The molecule has 1 unspecified atom stereocenters. The van der Waals surface area contributed by atoms with Gasteiger partial charge in [0.1, 0.15) is 6.29 Å². The predicted molar refractivity (Wildman–Crippen MR) is 67.5 cm³/mol. The average molecular weight is 227 g/mol. The Hall–Kier alpha value is -0.670. The minimum atomic E-state index is -0.529. The van der Waals surface area contributed by atoms with E-state index in [-0.39, 0.29) is 0 Å². The lowest BCUT2D eigenvalue weighted by Gasteiger charge is -2.23. The molecule has 3 nitrogen and oxygen atoms in total. The fourth-order valence-electron chi connectivity index (χ4n) is 1.56. The first-order chi connectivity index (χ1) is 7.74. The second-order valence-corrected chi connectivity index (χ2v) is 4.10. The largest absolute Gasteiger partial charge is 0.388 e. The molecule has 0 fully saturated rings. The first kappa shape index (κ1) is 15.3. The maximum atomic E-state index is 10.1. The van der Waals surface area contributed by atoms with E-state index in [1.165, 1.54) is 18.9 Å². The van der Waals surface area contributed by atoms with Crippen LogP contribution in [0.4, 0.5) is 0 Å². The Morgan fingerprint density at radius 1 is 1.19 bits per heavy atom. The van der Waals surface area contributed by atoms with Crippen molar-refractivity contribution in [2.24, 2.45) is 0 Å². The normalized spacial score (nSPS) is 13.5. The number of nitrogens with zero attached hydrogens (tertiary/aromatic N) is 1. The van der Waals surface area contributed by atoms with E-state index >= 15 is 0 Å². The Bertz CT molecular complexity index is 184. The Labute approximate surface area is 99.1 Å². The Morgan fingerprint density at radius 2 is 1.75 bits per heavy atom. The molecular weight excluding hydrogens is 202 g/mol. The molecule has 0 bridgehead atoms. The van der Waals surface area contributed by atoms with E-state index in [0.29, 0.717) is 12.8 Å².